The molecule has 0 heterocycles. The third-order valence-electron chi connectivity index (χ3n) is 2.93. The molecule has 0 radical (unpaired) electrons. The number of nitrogens with zero attached hydrogens (tertiary/aromatic N) is 1. The van der Waals surface area contributed by atoms with Gasteiger partial charge >= 0.3 is 5.97 Å². The molecular weight excluding hydrogens is 327 g/mol. The van der Waals surface area contributed by atoms with Crippen LogP contribution in [0, 0.1) is 5.82 Å². The van der Waals surface area contributed by atoms with E-state index in [1.807, 2.05) is 0 Å². The molecule has 1 rings (SSSR count). The summed E-state index contributed by atoms with van der Waals surface area (Å²) in [6.07, 6.45) is 0.376. The molecule has 0 aromatic heterocycles. The first-order chi connectivity index (χ1) is 10.8. The maximum Gasteiger partial charge on any atom is 0.323 e. The lowest BCUT2D eigenvalue weighted by Crippen LogP contribution is -2.38. The molecule has 0 aliphatic rings. The number of rotatable bonds is 9. The van der Waals surface area contributed by atoms with E-state index >= 15 is 0 Å². The summed E-state index contributed by atoms with van der Waals surface area (Å²) in [5.41, 5.74) is 0. The largest absolute Gasteiger partial charge is 0.480 e. The molecule has 0 fully saturated rings. The van der Waals surface area contributed by atoms with E-state index in [1.54, 1.807) is 6.92 Å². The Morgan fingerprint density at radius 1 is 1.30 bits per heavy atom. The molecule has 128 valence electrons. The molecule has 0 aliphatic heterocycles. The van der Waals surface area contributed by atoms with Crippen LogP contribution in [-0.4, -0.2) is 49.9 Å². The van der Waals surface area contributed by atoms with Gasteiger partial charge in [0.15, 0.2) is 0 Å². The van der Waals surface area contributed by atoms with Crippen LogP contribution in [0.4, 0.5) is 4.39 Å². The number of carboxylic acids is 1. The van der Waals surface area contributed by atoms with Gasteiger partial charge in [-0.1, -0.05) is 19.1 Å². The topological polar surface area (TPSA) is 104 Å². The first kappa shape index (κ1) is 19.0. The molecule has 0 saturated carbocycles. The molecule has 0 spiro atoms. The molecule has 0 atom stereocenters. The molecule has 0 unspecified atom stereocenters. The molecule has 0 saturated heterocycles. The number of carboxylic acid groups (broad SMARTS) is 1. The fourth-order valence-electron chi connectivity index (χ4n) is 1.92. The van der Waals surface area contributed by atoms with Gasteiger partial charge in [0.2, 0.25) is 15.9 Å². The molecule has 1 aromatic carbocycles. The van der Waals surface area contributed by atoms with Crippen molar-refractivity contribution in [2.75, 3.05) is 19.6 Å². The predicted octanol–water partition coefficient (Wildman–Crippen LogP) is 0.817. The first-order valence-corrected chi connectivity index (χ1v) is 8.50. The predicted molar refractivity (Wildman–Crippen MR) is 80.7 cm³/mol. The van der Waals surface area contributed by atoms with E-state index in [2.05, 4.69) is 4.72 Å². The highest BCUT2D eigenvalue weighted by Crippen LogP contribution is 2.12. The van der Waals surface area contributed by atoms with Gasteiger partial charge in [0, 0.05) is 19.5 Å². The summed E-state index contributed by atoms with van der Waals surface area (Å²) in [5, 5.41) is 8.75. The van der Waals surface area contributed by atoms with Gasteiger partial charge in [-0.2, -0.15) is 0 Å². The van der Waals surface area contributed by atoms with Crippen molar-refractivity contribution in [1.29, 1.82) is 0 Å². The van der Waals surface area contributed by atoms with Gasteiger partial charge in [0.1, 0.15) is 17.3 Å². The number of aliphatic carboxylic acids is 1. The van der Waals surface area contributed by atoms with Gasteiger partial charge in [-0.05, 0) is 18.6 Å². The van der Waals surface area contributed by atoms with Gasteiger partial charge in [-0.15, -0.1) is 0 Å². The van der Waals surface area contributed by atoms with Crippen LogP contribution in [0.5, 0.6) is 0 Å². The summed E-state index contributed by atoms with van der Waals surface area (Å²) in [6.45, 7) is 1.39. The van der Waals surface area contributed by atoms with Crippen LogP contribution in [-0.2, 0) is 19.6 Å². The van der Waals surface area contributed by atoms with Crippen LogP contribution in [0.25, 0.3) is 0 Å². The fraction of sp³-hybridized carbons (Fsp3) is 0.429. The molecule has 23 heavy (non-hydrogen) atoms. The quantitative estimate of drug-likeness (QED) is 0.689. The number of benzene rings is 1. The summed E-state index contributed by atoms with van der Waals surface area (Å²) >= 11 is 0. The molecule has 1 aromatic rings. The number of hydrogen-bond donors (Lipinski definition) is 2. The van der Waals surface area contributed by atoms with Crippen molar-refractivity contribution in [3.8, 4) is 0 Å². The SMILES string of the molecule is CCCN(CC(=O)O)C(=O)CCNS(=O)(=O)c1ccccc1F. The van der Waals surface area contributed by atoms with Crippen molar-refractivity contribution in [3.05, 3.63) is 30.1 Å². The zero-order valence-electron chi connectivity index (χ0n) is 12.7. The monoisotopic (exact) mass is 346 g/mol. The minimum Gasteiger partial charge on any atom is -0.480 e. The Morgan fingerprint density at radius 3 is 2.52 bits per heavy atom. The smallest absolute Gasteiger partial charge is 0.323 e. The number of halogens is 1. The average molecular weight is 346 g/mol. The van der Waals surface area contributed by atoms with E-state index in [4.69, 9.17) is 5.11 Å². The zero-order valence-corrected chi connectivity index (χ0v) is 13.5. The van der Waals surface area contributed by atoms with Crippen molar-refractivity contribution >= 4 is 21.9 Å². The van der Waals surface area contributed by atoms with Gasteiger partial charge in [0.05, 0.1) is 0 Å². The molecule has 2 N–H and O–H groups in total. The van der Waals surface area contributed by atoms with Gasteiger partial charge in [0.25, 0.3) is 0 Å². The van der Waals surface area contributed by atoms with Crippen molar-refractivity contribution in [2.24, 2.45) is 0 Å². The summed E-state index contributed by atoms with van der Waals surface area (Å²) < 4.78 is 39.5. The summed E-state index contributed by atoms with van der Waals surface area (Å²) in [5.74, 6) is -2.51. The highest BCUT2D eigenvalue weighted by atomic mass is 32.2. The lowest BCUT2D eigenvalue weighted by Gasteiger charge is -2.20. The van der Waals surface area contributed by atoms with Crippen LogP contribution in [0.15, 0.2) is 29.2 Å². The Balaban J connectivity index is 2.63. The Hall–Kier alpha value is -2.00. The Morgan fingerprint density at radius 2 is 1.96 bits per heavy atom. The number of nitrogens with one attached hydrogen (secondary N) is 1. The number of sulfonamides is 1. The minimum atomic E-state index is -4.06. The van der Waals surface area contributed by atoms with E-state index in [0.717, 1.165) is 17.0 Å². The number of carbonyl (C=O) groups is 2. The fourth-order valence-corrected chi connectivity index (χ4v) is 3.02. The molecule has 1 amide bonds. The molecule has 9 heteroatoms. The van der Waals surface area contributed by atoms with E-state index < -0.39 is 39.2 Å². The van der Waals surface area contributed by atoms with E-state index in [-0.39, 0.29) is 19.5 Å². The third kappa shape index (κ3) is 5.95. The van der Waals surface area contributed by atoms with Crippen LogP contribution in [0.3, 0.4) is 0 Å². The Bertz CT molecular complexity index is 663. The minimum absolute atomic E-state index is 0.207. The lowest BCUT2D eigenvalue weighted by molar-refractivity contribution is -0.144. The normalized spacial score (nSPS) is 11.2. The number of carbonyl (C=O) groups excluding carboxylic acids is 1. The Labute approximate surface area is 134 Å². The highest BCUT2D eigenvalue weighted by Gasteiger charge is 2.20. The molecule has 7 nitrogen and oxygen atoms in total. The summed E-state index contributed by atoms with van der Waals surface area (Å²) in [6, 6.07) is 4.90. The van der Waals surface area contributed by atoms with Gasteiger partial charge in [-0.25, -0.2) is 17.5 Å². The van der Waals surface area contributed by atoms with Crippen molar-refractivity contribution < 1.29 is 27.5 Å². The second-order valence-electron chi connectivity index (χ2n) is 4.79. The van der Waals surface area contributed by atoms with Crippen molar-refractivity contribution in [1.82, 2.24) is 9.62 Å². The number of hydrogen-bond acceptors (Lipinski definition) is 4. The maximum atomic E-state index is 13.5. The zero-order chi connectivity index (χ0) is 17.5. The third-order valence-corrected chi connectivity index (χ3v) is 4.42. The first-order valence-electron chi connectivity index (χ1n) is 7.01. The Kier molecular flexibility index (Phi) is 7.11. The highest BCUT2D eigenvalue weighted by molar-refractivity contribution is 7.89. The van der Waals surface area contributed by atoms with Gasteiger partial charge < -0.3 is 10.0 Å². The van der Waals surface area contributed by atoms with Gasteiger partial charge in [-0.3, -0.25) is 9.59 Å². The molecule has 0 bridgehead atoms. The van der Waals surface area contributed by atoms with E-state index in [9.17, 15) is 22.4 Å². The average Bonchev–Trinajstić information content (AvgIpc) is 2.46. The molecular formula is C14H19FN2O5S. The lowest BCUT2D eigenvalue weighted by atomic mass is 10.3. The van der Waals surface area contributed by atoms with E-state index in [1.165, 1.54) is 12.1 Å². The maximum absolute atomic E-state index is 13.5. The van der Waals surface area contributed by atoms with Crippen LogP contribution < -0.4 is 4.72 Å². The summed E-state index contributed by atoms with van der Waals surface area (Å²) in [7, 11) is -4.06. The van der Waals surface area contributed by atoms with Crippen LogP contribution in [0.1, 0.15) is 19.8 Å². The second kappa shape index (κ2) is 8.59. The number of amides is 1. The molecule has 0 aliphatic carbocycles. The van der Waals surface area contributed by atoms with Crippen molar-refractivity contribution in [3.63, 3.8) is 0 Å². The van der Waals surface area contributed by atoms with E-state index in [0.29, 0.717) is 6.42 Å². The summed E-state index contributed by atoms with van der Waals surface area (Å²) in [4.78, 5) is 23.3. The standard InChI is InChI=1S/C14H19FN2O5S/c1-2-9-17(10-14(19)20)13(18)7-8-16-23(21,22)12-6-4-3-5-11(12)15/h3-6,16H,2,7-10H2,1H3,(H,19,20). The van der Waals surface area contributed by atoms with Crippen LogP contribution in [0.2, 0.25) is 0 Å². The van der Waals surface area contributed by atoms with Crippen LogP contribution >= 0.6 is 0 Å². The van der Waals surface area contributed by atoms with Crippen molar-refractivity contribution in [2.45, 2.75) is 24.7 Å². The second-order valence-corrected chi connectivity index (χ2v) is 6.52.